The number of ether oxygens (including phenoxy) is 1. The number of amides is 1. The number of phenols is 1. The summed E-state index contributed by atoms with van der Waals surface area (Å²) in [5, 5.41) is 12.7. The van der Waals surface area contributed by atoms with Gasteiger partial charge in [0.25, 0.3) is 0 Å². The van der Waals surface area contributed by atoms with Gasteiger partial charge in [-0.3, -0.25) is 4.79 Å². The number of phenolic OH excluding ortho intramolecular Hbond substituents is 1. The minimum absolute atomic E-state index is 0.0867. The molecule has 5 nitrogen and oxygen atoms in total. The summed E-state index contributed by atoms with van der Waals surface area (Å²) in [6.45, 7) is 5.64. The van der Waals surface area contributed by atoms with Gasteiger partial charge >= 0.3 is 6.09 Å². The summed E-state index contributed by atoms with van der Waals surface area (Å²) < 4.78 is 5.07. The highest BCUT2D eigenvalue weighted by Gasteiger charge is 2.15. The molecule has 0 radical (unpaired) electrons. The lowest BCUT2D eigenvalue weighted by atomic mass is 10.1. The Morgan fingerprint density at radius 1 is 1.45 bits per heavy atom. The van der Waals surface area contributed by atoms with E-state index in [1.807, 2.05) is 0 Å². The summed E-state index contributed by atoms with van der Waals surface area (Å²) in [6, 6.07) is 2.83. The monoisotopic (exact) mass is 323 g/mol. The second kappa shape index (κ2) is 7.71. The molecule has 1 rings (SSSR count). The molecule has 0 aliphatic rings. The summed E-state index contributed by atoms with van der Waals surface area (Å²) >= 11 is 5.83. The Bertz CT molecular complexity index is 624. The Balaban J connectivity index is 2.57. The SMILES string of the molecule is CC(C)(C)OC(=O)NCCC#Cc1cc(Cl)cc(C=O)c1O. The van der Waals surface area contributed by atoms with Crippen molar-refractivity contribution in [3.05, 3.63) is 28.3 Å². The van der Waals surface area contributed by atoms with Gasteiger partial charge in [-0.15, -0.1) is 0 Å². The first-order chi connectivity index (χ1) is 10.2. The van der Waals surface area contributed by atoms with E-state index in [2.05, 4.69) is 17.2 Å². The van der Waals surface area contributed by atoms with Crippen LogP contribution in [0.2, 0.25) is 5.02 Å². The van der Waals surface area contributed by atoms with Gasteiger partial charge < -0.3 is 15.2 Å². The highest BCUT2D eigenvalue weighted by molar-refractivity contribution is 6.31. The van der Waals surface area contributed by atoms with E-state index in [-0.39, 0.29) is 16.9 Å². The number of alkyl carbamates (subject to hydrolysis) is 1. The van der Waals surface area contributed by atoms with Crippen LogP contribution in [0.4, 0.5) is 4.79 Å². The third-order valence-electron chi connectivity index (χ3n) is 2.37. The molecule has 0 heterocycles. The molecule has 1 amide bonds. The summed E-state index contributed by atoms with van der Waals surface area (Å²) in [7, 11) is 0. The first-order valence-corrected chi connectivity index (χ1v) is 7.04. The van der Waals surface area contributed by atoms with Gasteiger partial charge in [0.05, 0.1) is 11.1 Å². The highest BCUT2D eigenvalue weighted by atomic mass is 35.5. The van der Waals surface area contributed by atoms with E-state index in [4.69, 9.17) is 16.3 Å². The van der Waals surface area contributed by atoms with E-state index in [9.17, 15) is 14.7 Å². The zero-order valence-corrected chi connectivity index (χ0v) is 13.5. The van der Waals surface area contributed by atoms with Crippen molar-refractivity contribution in [2.45, 2.75) is 32.8 Å². The minimum Gasteiger partial charge on any atom is -0.506 e. The summed E-state index contributed by atoms with van der Waals surface area (Å²) in [5.74, 6) is 5.30. The number of hydrogen-bond acceptors (Lipinski definition) is 4. The van der Waals surface area contributed by atoms with Crippen LogP contribution in [0.15, 0.2) is 12.1 Å². The number of carbonyl (C=O) groups excluding carboxylic acids is 2. The summed E-state index contributed by atoms with van der Waals surface area (Å²) in [6.07, 6.45) is 0.362. The van der Waals surface area contributed by atoms with Crippen molar-refractivity contribution in [3.63, 3.8) is 0 Å². The topological polar surface area (TPSA) is 75.6 Å². The van der Waals surface area contributed by atoms with Crippen LogP contribution >= 0.6 is 11.6 Å². The lowest BCUT2D eigenvalue weighted by molar-refractivity contribution is 0.0529. The van der Waals surface area contributed by atoms with E-state index in [1.54, 1.807) is 20.8 Å². The van der Waals surface area contributed by atoms with Crippen LogP contribution in [0, 0.1) is 11.8 Å². The maximum atomic E-state index is 11.4. The van der Waals surface area contributed by atoms with Crippen molar-refractivity contribution in [1.82, 2.24) is 5.32 Å². The zero-order valence-electron chi connectivity index (χ0n) is 12.7. The standard InChI is InChI=1S/C16H18ClNO4/c1-16(2,3)22-15(21)18-7-5-4-6-11-8-13(17)9-12(10-19)14(11)20/h8-10,20H,5,7H2,1-3H3,(H,18,21). The molecule has 0 unspecified atom stereocenters. The van der Waals surface area contributed by atoms with Crippen LogP contribution in [0.3, 0.4) is 0 Å². The molecule has 0 fully saturated rings. The Labute approximate surface area is 134 Å². The highest BCUT2D eigenvalue weighted by Crippen LogP contribution is 2.25. The molecule has 0 aromatic heterocycles. The molecule has 0 bridgehead atoms. The quantitative estimate of drug-likeness (QED) is 0.509. The smallest absolute Gasteiger partial charge is 0.407 e. The van der Waals surface area contributed by atoms with E-state index in [0.717, 1.165) is 0 Å². The van der Waals surface area contributed by atoms with E-state index in [0.29, 0.717) is 24.3 Å². The van der Waals surface area contributed by atoms with Crippen molar-refractivity contribution in [3.8, 4) is 17.6 Å². The molecule has 0 aliphatic heterocycles. The van der Waals surface area contributed by atoms with E-state index in [1.165, 1.54) is 12.1 Å². The van der Waals surface area contributed by atoms with Gasteiger partial charge in [0, 0.05) is 18.0 Å². The van der Waals surface area contributed by atoms with Gasteiger partial charge in [0.15, 0.2) is 6.29 Å². The number of aldehydes is 1. The van der Waals surface area contributed by atoms with Gasteiger partial charge in [0.2, 0.25) is 0 Å². The number of rotatable bonds is 3. The average molecular weight is 324 g/mol. The van der Waals surface area contributed by atoms with Crippen LogP contribution < -0.4 is 5.32 Å². The predicted molar refractivity (Wildman–Crippen MR) is 84.2 cm³/mol. The van der Waals surface area contributed by atoms with Crippen LogP contribution in [0.5, 0.6) is 5.75 Å². The summed E-state index contributed by atoms with van der Waals surface area (Å²) in [5.41, 5.74) is -0.191. The molecule has 6 heteroatoms. The van der Waals surface area contributed by atoms with Crippen molar-refractivity contribution in [1.29, 1.82) is 0 Å². The van der Waals surface area contributed by atoms with Crippen LogP contribution in [-0.4, -0.2) is 29.6 Å². The Morgan fingerprint density at radius 3 is 2.73 bits per heavy atom. The largest absolute Gasteiger partial charge is 0.506 e. The molecule has 2 N–H and O–H groups in total. The fourth-order valence-electron chi connectivity index (χ4n) is 1.50. The minimum atomic E-state index is -0.548. The Hall–Kier alpha value is -2.19. The number of halogens is 1. The fourth-order valence-corrected chi connectivity index (χ4v) is 1.73. The Morgan fingerprint density at radius 2 is 2.14 bits per heavy atom. The van der Waals surface area contributed by atoms with Crippen molar-refractivity contribution in [2.24, 2.45) is 0 Å². The first-order valence-electron chi connectivity index (χ1n) is 6.66. The number of benzene rings is 1. The second-order valence-electron chi connectivity index (χ2n) is 5.49. The van der Waals surface area contributed by atoms with Crippen molar-refractivity contribution >= 4 is 24.0 Å². The fraction of sp³-hybridized carbons (Fsp3) is 0.375. The second-order valence-corrected chi connectivity index (χ2v) is 5.93. The van der Waals surface area contributed by atoms with Crippen LogP contribution in [0.25, 0.3) is 0 Å². The molecular formula is C16H18ClNO4. The Kier molecular flexibility index (Phi) is 6.26. The van der Waals surface area contributed by atoms with Gasteiger partial charge in [-0.1, -0.05) is 23.4 Å². The van der Waals surface area contributed by atoms with Gasteiger partial charge in [-0.25, -0.2) is 4.79 Å². The molecule has 0 saturated carbocycles. The van der Waals surface area contributed by atoms with Gasteiger partial charge in [-0.2, -0.15) is 0 Å². The lowest BCUT2D eigenvalue weighted by Gasteiger charge is -2.19. The number of carbonyl (C=O) groups is 2. The van der Waals surface area contributed by atoms with E-state index < -0.39 is 11.7 Å². The number of hydrogen-bond donors (Lipinski definition) is 2. The average Bonchev–Trinajstić information content (AvgIpc) is 2.39. The molecule has 1 aromatic carbocycles. The molecule has 0 atom stereocenters. The maximum absolute atomic E-state index is 11.4. The molecular weight excluding hydrogens is 306 g/mol. The third kappa shape index (κ3) is 6.06. The van der Waals surface area contributed by atoms with Crippen LogP contribution in [-0.2, 0) is 4.74 Å². The third-order valence-corrected chi connectivity index (χ3v) is 2.59. The van der Waals surface area contributed by atoms with Crippen molar-refractivity contribution in [2.75, 3.05) is 6.54 Å². The van der Waals surface area contributed by atoms with Crippen LogP contribution in [0.1, 0.15) is 43.1 Å². The van der Waals surface area contributed by atoms with Crippen molar-refractivity contribution < 1.29 is 19.4 Å². The predicted octanol–water partition coefficient (Wildman–Crippen LogP) is 3.12. The molecule has 0 spiro atoms. The molecule has 0 saturated heterocycles. The molecule has 1 aromatic rings. The molecule has 22 heavy (non-hydrogen) atoms. The first kappa shape index (κ1) is 17.9. The van der Waals surface area contributed by atoms with Gasteiger partial charge in [0.1, 0.15) is 11.4 Å². The zero-order chi connectivity index (χ0) is 16.8. The molecule has 118 valence electrons. The maximum Gasteiger partial charge on any atom is 0.407 e. The lowest BCUT2D eigenvalue weighted by Crippen LogP contribution is -2.32. The van der Waals surface area contributed by atoms with E-state index >= 15 is 0 Å². The normalized spacial score (nSPS) is 10.4. The van der Waals surface area contributed by atoms with Gasteiger partial charge in [-0.05, 0) is 32.9 Å². The number of nitrogens with one attached hydrogen (secondary N) is 1. The molecule has 0 aliphatic carbocycles. The summed E-state index contributed by atoms with van der Waals surface area (Å²) in [4.78, 5) is 22.2. The number of aromatic hydroxyl groups is 1.